The van der Waals surface area contributed by atoms with Gasteiger partial charge in [-0.25, -0.2) is 13.4 Å². The molecule has 2 heterocycles. The summed E-state index contributed by atoms with van der Waals surface area (Å²) >= 11 is 0. The molecule has 0 aliphatic carbocycles. The Morgan fingerprint density at radius 3 is 2.93 bits per heavy atom. The van der Waals surface area contributed by atoms with Crippen molar-refractivity contribution in [3.63, 3.8) is 0 Å². The van der Waals surface area contributed by atoms with Gasteiger partial charge in [0.2, 0.25) is 0 Å². The molecule has 0 fully saturated rings. The van der Waals surface area contributed by atoms with E-state index in [2.05, 4.69) is 11.2 Å². The Balaban J connectivity index is 2.67. The lowest BCUT2D eigenvalue weighted by molar-refractivity contribution is 0.594. The van der Waals surface area contributed by atoms with Gasteiger partial charge < -0.3 is 0 Å². The number of imidazole rings is 1. The van der Waals surface area contributed by atoms with Crippen LogP contribution in [0.3, 0.4) is 0 Å². The van der Waals surface area contributed by atoms with Crippen molar-refractivity contribution in [2.24, 2.45) is 0 Å². The van der Waals surface area contributed by atoms with Gasteiger partial charge in [-0.05, 0) is 12.1 Å². The Kier molecular flexibility index (Phi) is 2.03. The van der Waals surface area contributed by atoms with E-state index in [1.807, 2.05) is 0 Å². The van der Waals surface area contributed by atoms with Crippen LogP contribution < -0.4 is 0 Å². The average molecular weight is 209 g/mol. The second kappa shape index (κ2) is 3.09. The van der Waals surface area contributed by atoms with E-state index in [0.717, 1.165) is 0 Å². The molecule has 0 N–H and O–H groups in total. The van der Waals surface area contributed by atoms with Gasteiger partial charge in [0.15, 0.2) is 14.9 Å². The molecule has 2 aromatic heterocycles. The number of nitrogens with zero attached hydrogens (tertiary/aromatic N) is 2. The highest BCUT2D eigenvalue weighted by atomic mass is 32.2. The summed E-state index contributed by atoms with van der Waals surface area (Å²) in [7, 11) is -3.25. The van der Waals surface area contributed by atoms with E-state index in [-0.39, 0.29) is 10.8 Å². The van der Waals surface area contributed by atoms with Crippen LogP contribution in [0.2, 0.25) is 0 Å². The second-order valence-corrected chi connectivity index (χ2v) is 5.05. The standard InChI is InChI=1S/C9H9N2O2S/c1-2-14(12,13)9-7-11-6-4-3-5-8(11)10-9/h3-6H,2H2,1H3. The van der Waals surface area contributed by atoms with Crippen molar-refractivity contribution in [1.29, 1.82) is 0 Å². The molecule has 1 radical (unpaired) electrons. The van der Waals surface area contributed by atoms with Crippen LogP contribution in [0.15, 0.2) is 29.4 Å². The first-order valence-corrected chi connectivity index (χ1v) is 5.88. The van der Waals surface area contributed by atoms with E-state index in [1.54, 1.807) is 35.7 Å². The van der Waals surface area contributed by atoms with E-state index in [4.69, 9.17) is 0 Å². The number of rotatable bonds is 2. The van der Waals surface area contributed by atoms with Gasteiger partial charge in [-0.3, -0.25) is 4.40 Å². The molecular formula is C9H9N2O2S. The summed E-state index contributed by atoms with van der Waals surface area (Å²) in [5.41, 5.74) is 0.597. The van der Waals surface area contributed by atoms with E-state index >= 15 is 0 Å². The number of pyridine rings is 1. The van der Waals surface area contributed by atoms with Gasteiger partial charge >= 0.3 is 0 Å². The average Bonchev–Trinajstić information content (AvgIpc) is 2.61. The topological polar surface area (TPSA) is 51.4 Å². The smallest absolute Gasteiger partial charge is 0.197 e. The Bertz CT molecular complexity index is 524. The summed E-state index contributed by atoms with van der Waals surface area (Å²) in [5, 5.41) is 0.0196. The first kappa shape index (κ1) is 9.21. The quantitative estimate of drug-likeness (QED) is 0.739. The van der Waals surface area contributed by atoms with Crippen LogP contribution in [-0.4, -0.2) is 23.6 Å². The predicted molar refractivity (Wildman–Crippen MR) is 51.8 cm³/mol. The highest BCUT2D eigenvalue weighted by molar-refractivity contribution is 7.91. The molecular weight excluding hydrogens is 200 g/mol. The fourth-order valence-corrected chi connectivity index (χ4v) is 1.87. The lowest BCUT2D eigenvalue weighted by atomic mass is 10.5. The minimum atomic E-state index is -3.25. The van der Waals surface area contributed by atoms with Crippen LogP contribution in [0.4, 0.5) is 0 Å². The van der Waals surface area contributed by atoms with Gasteiger partial charge in [-0.2, -0.15) is 0 Å². The minimum absolute atomic E-state index is 0.0196. The molecule has 0 aliphatic rings. The molecule has 14 heavy (non-hydrogen) atoms. The molecule has 5 heteroatoms. The third-order valence-corrected chi connectivity index (χ3v) is 3.48. The molecule has 0 saturated heterocycles. The Morgan fingerprint density at radius 1 is 1.50 bits per heavy atom. The lowest BCUT2D eigenvalue weighted by Crippen LogP contribution is -2.03. The fraction of sp³-hybridized carbons (Fsp3) is 0.222. The van der Waals surface area contributed by atoms with Crippen molar-refractivity contribution >= 4 is 15.5 Å². The molecule has 73 valence electrons. The SMILES string of the molecule is CCS(=O)(=O)c1[c]n2ccccc2n1. The molecule has 0 amide bonds. The van der Waals surface area contributed by atoms with Gasteiger partial charge in [0.1, 0.15) is 11.8 Å². The van der Waals surface area contributed by atoms with Gasteiger partial charge in [-0.1, -0.05) is 13.0 Å². The number of sulfone groups is 1. The van der Waals surface area contributed by atoms with E-state index in [9.17, 15) is 8.42 Å². The summed E-state index contributed by atoms with van der Waals surface area (Å²) in [5.74, 6) is 0.0490. The molecule has 0 atom stereocenters. The molecule has 0 unspecified atom stereocenters. The maximum atomic E-state index is 11.5. The Hall–Kier alpha value is -1.36. The molecule has 0 aliphatic heterocycles. The van der Waals surface area contributed by atoms with Crippen molar-refractivity contribution in [2.75, 3.05) is 5.75 Å². The van der Waals surface area contributed by atoms with Crippen LogP contribution in [0.1, 0.15) is 6.92 Å². The number of aromatic nitrogens is 2. The number of hydrogen-bond acceptors (Lipinski definition) is 3. The lowest BCUT2D eigenvalue weighted by Gasteiger charge is -1.91. The second-order valence-electron chi connectivity index (χ2n) is 2.86. The maximum absolute atomic E-state index is 11.5. The summed E-state index contributed by atoms with van der Waals surface area (Å²) in [6, 6.07) is 5.34. The van der Waals surface area contributed by atoms with Crippen molar-refractivity contribution in [2.45, 2.75) is 11.9 Å². The van der Waals surface area contributed by atoms with Crippen LogP contribution in [0.5, 0.6) is 0 Å². The zero-order chi connectivity index (χ0) is 10.2. The first-order chi connectivity index (χ1) is 6.63. The molecule has 4 nitrogen and oxygen atoms in total. The van der Waals surface area contributed by atoms with Crippen molar-refractivity contribution in [1.82, 2.24) is 9.38 Å². The summed E-state index contributed by atoms with van der Waals surface area (Å²) < 4.78 is 24.5. The van der Waals surface area contributed by atoms with E-state index in [1.165, 1.54) is 0 Å². The molecule has 0 saturated carbocycles. The number of fused-ring (bicyclic) bond motifs is 1. The molecule has 0 aromatic carbocycles. The Morgan fingerprint density at radius 2 is 2.29 bits per heavy atom. The summed E-state index contributed by atoms with van der Waals surface area (Å²) in [4.78, 5) is 3.97. The first-order valence-electron chi connectivity index (χ1n) is 4.22. The zero-order valence-corrected chi connectivity index (χ0v) is 8.45. The highest BCUT2D eigenvalue weighted by Crippen LogP contribution is 2.10. The highest BCUT2D eigenvalue weighted by Gasteiger charge is 2.15. The van der Waals surface area contributed by atoms with Gasteiger partial charge in [0.25, 0.3) is 0 Å². The number of hydrogen-bond donors (Lipinski definition) is 0. The van der Waals surface area contributed by atoms with Gasteiger partial charge in [0, 0.05) is 6.20 Å². The largest absolute Gasteiger partial charge is 0.297 e. The third-order valence-electron chi connectivity index (χ3n) is 1.95. The zero-order valence-electron chi connectivity index (χ0n) is 7.64. The van der Waals surface area contributed by atoms with Crippen LogP contribution in [0.25, 0.3) is 5.65 Å². The van der Waals surface area contributed by atoms with Crippen molar-refractivity contribution in [3.8, 4) is 0 Å². The maximum Gasteiger partial charge on any atom is 0.197 e. The monoisotopic (exact) mass is 209 g/mol. The molecule has 2 rings (SSSR count). The van der Waals surface area contributed by atoms with E-state index < -0.39 is 9.84 Å². The predicted octanol–water partition coefficient (Wildman–Crippen LogP) is 0.928. The van der Waals surface area contributed by atoms with Gasteiger partial charge in [-0.15, -0.1) is 0 Å². The fourth-order valence-electron chi connectivity index (χ4n) is 1.13. The van der Waals surface area contributed by atoms with Crippen LogP contribution in [-0.2, 0) is 9.84 Å². The summed E-state index contributed by atoms with van der Waals surface area (Å²) in [6.45, 7) is 1.59. The third kappa shape index (κ3) is 1.39. The molecule has 0 bridgehead atoms. The normalized spacial score (nSPS) is 12.1. The molecule has 2 aromatic rings. The van der Waals surface area contributed by atoms with Crippen molar-refractivity contribution in [3.05, 3.63) is 30.6 Å². The van der Waals surface area contributed by atoms with Crippen LogP contribution >= 0.6 is 0 Å². The van der Waals surface area contributed by atoms with E-state index in [0.29, 0.717) is 5.65 Å². The van der Waals surface area contributed by atoms with Gasteiger partial charge in [0.05, 0.1) is 5.75 Å². The molecule has 0 spiro atoms. The van der Waals surface area contributed by atoms with Crippen molar-refractivity contribution < 1.29 is 8.42 Å². The Labute approximate surface area is 82.1 Å². The minimum Gasteiger partial charge on any atom is -0.297 e. The van der Waals surface area contributed by atoms with Crippen LogP contribution in [0, 0.1) is 6.20 Å². The summed E-state index contributed by atoms with van der Waals surface area (Å²) in [6.07, 6.45) is 4.42.